The maximum Gasteiger partial charge on any atom is 0.274 e. The molecule has 0 unspecified atom stereocenters. The third-order valence-electron chi connectivity index (χ3n) is 11.8. The van der Waals surface area contributed by atoms with Crippen LogP contribution in [0.25, 0.3) is 0 Å². The molecular weight excluding hydrogens is 799 g/mol. The van der Waals surface area contributed by atoms with Crippen LogP contribution in [0.15, 0.2) is 73.3 Å². The average Bonchev–Trinajstić information content (AvgIpc) is 4.16. The number of nitrogens with one attached hydrogen (secondary N) is 2. The predicted octanol–water partition coefficient (Wildman–Crippen LogP) is 6.04. The Bertz CT molecular complexity index is 2460. The molecule has 2 N–H and O–H groups in total. The van der Waals surface area contributed by atoms with Crippen molar-refractivity contribution in [1.29, 1.82) is 0 Å². The molecule has 2 amide bonds. The number of alkyl halides is 2. The van der Waals surface area contributed by atoms with E-state index in [9.17, 15) is 9.59 Å². The number of hydrogen-bond acceptors (Lipinski definition) is 12. The van der Waals surface area contributed by atoms with Gasteiger partial charge in [0.05, 0.1) is 37.3 Å². The van der Waals surface area contributed by atoms with E-state index in [1.807, 2.05) is 26.0 Å². The lowest BCUT2D eigenvalue weighted by Crippen LogP contribution is -2.50. The smallest absolute Gasteiger partial charge is 0.274 e. The molecule has 10 rings (SSSR count). The van der Waals surface area contributed by atoms with Crippen molar-refractivity contribution in [1.82, 2.24) is 49.5 Å². The second-order valence-electron chi connectivity index (χ2n) is 16.7. The zero-order valence-corrected chi connectivity index (χ0v) is 34.8. The van der Waals surface area contributed by atoms with Gasteiger partial charge in [0.25, 0.3) is 11.8 Å². The van der Waals surface area contributed by atoms with E-state index in [-0.39, 0.29) is 49.9 Å². The highest BCUT2D eigenvalue weighted by molar-refractivity contribution is 6.03. The van der Waals surface area contributed by atoms with Gasteiger partial charge in [-0.25, -0.2) is 28.7 Å². The molecule has 2 saturated heterocycles. The summed E-state index contributed by atoms with van der Waals surface area (Å²) >= 11 is 0. The maximum atomic E-state index is 15.5. The van der Waals surface area contributed by atoms with E-state index in [2.05, 4.69) is 51.0 Å². The Kier molecular flexibility index (Phi) is 10.9. The zero-order valence-electron chi connectivity index (χ0n) is 34.8. The minimum atomic E-state index is -1.38. The van der Waals surface area contributed by atoms with Crippen molar-refractivity contribution < 1.29 is 27.8 Å². The van der Waals surface area contributed by atoms with Crippen molar-refractivity contribution in [3.05, 3.63) is 131 Å². The number of hydrogen-bond donors (Lipinski definition) is 2. The van der Waals surface area contributed by atoms with E-state index >= 15 is 8.78 Å². The molecule has 4 aliphatic rings. The number of amides is 2. The number of carbonyl (C=O) groups excluding carboxylic acids is 2. The summed E-state index contributed by atoms with van der Waals surface area (Å²) in [6, 6.07) is 17.8. The number of anilines is 2. The fourth-order valence-electron chi connectivity index (χ4n) is 7.77. The summed E-state index contributed by atoms with van der Waals surface area (Å²) in [5.74, 6) is 2.05. The van der Waals surface area contributed by atoms with E-state index in [0.717, 1.165) is 59.8 Å². The lowest BCUT2D eigenvalue weighted by molar-refractivity contribution is -0.102. The number of aromatic nitrogens is 10. The molecule has 18 heteroatoms. The van der Waals surface area contributed by atoms with Crippen LogP contribution in [0.4, 0.5) is 20.2 Å². The first kappa shape index (κ1) is 41.0. The Morgan fingerprint density at radius 3 is 1.37 bits per heavy atom. The number of benzene rings is 2. The highest BCUT2D eigenvalue weighted by Crippen LogP contribution is 2.47. The topological polar surface area (TPSA) is 190 Å². The van der Waals surface area contributed by atoms with Crippen LogP contribution < -0.4 is 10.6 Å². The van der Waals surface area contributed by atoms with Gasteiger partial charge in [-0.3, -0.25) is 9.59 Å². The normalized spacial score (nSPS) is 18.3. The first-order valence-corrected chi connectivity index (χ1v) is 20.6. The van der Waals surface area contributed by atoms with Crippen LogP contribution in [-0.4, -0.2) is 87.7 Å². The number of nitrogens with zero attached hydrogens (tertiary/aromatic N) is 10. The molecule has 0 radical (unpaired) electrons. The Balaban J connectivity index is 0.000000158. The molecule has 0 spiro atoms. The van der Waals surface area contributed by atoms with Gasteiger partial charge in [-0.2, -0.15) is 0 Å². The van der Waals surface area contributed by atoms with Gasteiger partial charge in [-0.1, -0.05) is 24.3 Å². The van der Waals surface area contributed by atoms with Crippen molar-refractivity contribution >= 4 is 23.2 Å². The Morgan fingerprint density at radius 2 is 1.05 bits per heavy atom. The molecule has 6 heterocycles. The third-order valence-corrected chi connectivity index (χ3v) is 11.8. The van der Waals surface area contributed by atoms with Crippen molar-refractivity contribution in [2.45, 2.75) is 74.5 Å². The molecule has 2 aromatic carbocycles. The van der Waals surface area contributed by atoms with Crippen LogP contribution in [0, 0.1) is 13.8 Å². The summed E-state index contributed by atoms with van der Waals surface area (Å²) in [7, 11) is 3.43. The van der Waals surface area contributed by atoms with Crippen molar-refractivity contribution in [3.63, 3.8) is 0 Å². The van der Waals surface area contributed by atoms with E-state index < -0.39 is 23.2 Å². The summed E-state index contributed by atoms with van der Waals surface area (Å²) in [5.41, 5.74) is 3.10. The van der Waals surface area contributed by atoms with Crippen LogP contribution in [-0.2, 0) is 34.4 Å². The monoisotopic (exact) mass is 844 g/mol. The van der Waals surface area contributed by atoms with Crippen molar-refractivity contribution in [2.75, 3.05) is 37.1 Å². The lowest BCUT2D eigenvalue weighted by atomic mass is 9.74. The van der Waals surface area contributed by atoms with Crippen LogP contribution >= 0.6 is 0 Å². The summed E-state index contributed by atoms with van der Waals surface area (Å²) in [6.45, 7) is 4.64. The summed E-state index contributed by atoms with van der Waals surface area (Å²) in [4.78, 5) is 43.5. The SMILES string of the molecule is Cc1cc(C(=O)Nc2cccc(C3([C@@H](F)c4nncn4C)COC3)c2)nc(C2CC2)n1.Cc1cc(C(=O)Nc2cccc(C3([C@H](F)c4nncn4C)COC3)c2)nc(C2CC2)n1. The van der Waals surface area contributed by atoms with Gasteiger partial charge in [0.1, 0.15) is 35.7 Å². The number of halogens is 2. The molecule has 16 nitrogen and oxygen atoms in total. The third kappa shape index (κ3) is 8.07. The van der Waals surface area contributed by atoms with Gasteiger partial charge in [0.15, 0.2) is 24.0 Å². The summed E-state index contributed by atoms with van der Waals surface area (Å²) in [6.07, 6.45) is 4.44. The first-order valence-electron chi connectivity index (χ1n) is 20.6. The van der Waals surface area contributed by atoms with Crippen molar-refractivity contribution in [2.24, 2.45) is 14.1 Å². The van der Waals surface area contributed by atoms with Gasteiger partial charge in [-0.15, -0.1) is 20.4 Å². The van der Waals surface area contributed by atoms with Crippen LogP contribution in [0.3, 0.4) is 0 Å². The molecule has 2 aliphatic heterocycles. The number of carbonyl (C=O) groups is 2. The van der Waals surface area contributed by atoms with Gasteiger partial charge >= 0.3 is 0 Å². The second kappa shape index (κ2) is 16.5. The molecule has 2 aliphatic carbocycles. The van der Waals surface area contributed by atoms with Crippen molar-refractivity contribution in [3.8, 4) is 0 Å². The van der Waals surface area contributed by atoms with Gasteiger partial charge in [0.2, 0.25) is 0 Å². The minimum Gasteiger partial charge on any atom is -0.379 e. The molecule has 62 heavy (non-hydrogen) atoms. The second-order valence-corrected chi connectivity index (χ2v) is 16.7. The fourth-order valence-corrected chi connectivity index (χ4v) is 7.77. The average molecular weight is 845 g/mol. The molecule has 0 bridgehead atoms. The lowest BCUT2D eigenvalue weighted by Gasteiger charge is -2.43. The molecule has 2 atom stereocenters. The van der Waals surface area contributed by atoms with E-state index in [4.69, 9.17) is 9.47 Å². The first-order chi connectivity index (χ1) is 29.9. The standard InChI is InChI=1S/2C22H23FN6O2/c2*1-13-8-17(27-19(25-13)14-6-7-14)21(30)26-16-5-3-4-15(9-16)22(10-31-11-22)18(23)20-28-24-12-29(20)2/h2*3-5,8-9,12,14,18H,6-7,10-11H2,1-2H3,(H,26,30)/t2*18-/m10/s1. The van der Waals surface area contributed by atoms with Gasteiger partial charge in [-0.05, 0) is 87.1 Å². The molecule has 2 saturated carbocycles. The Morgan fingerprint density at radius 1 is 0.645 bits per heavy atom. The van der Waals surface area contributed by atoms with E-state index in [0.29, 0.717) is 34.6 Å². The molecular formula is C44H46F2N12O4. The largest absolute Gasteiger partial charge is 0.379 e. The molecule has 4 fully saturated rings. The summed E-state index contributed by atoms with van der Waals surface area (Å²) in [5, 5.41) is 21.2. The van der Waals surface area contributed by atoms with E-state index in [1.165, 1.54) is 12.7 Å². The number of rotatable bonds is 12. The predicted molar refractivity (Wildman–Crippen MR) is 221 cm³/mol. The van der Waals surface area contributed by atoms with Gasteiger partial charge in [0, 0.05) is 48.7 Å². The van der Waals surface area contributed by atoms with Crippen LogP contribution in [0.1, 0.15) is 117 Å². The quantitative estimate of drug-likeness (QED) is 0.145. The fraction of sp³-hybridized carbons (Fsp3) is 0.409. The number of ether oxygens (including phenoxy) is 2. The van der Waals surface area contributed by atoms with E-state index in [1.54, 1.807) is 71.8 Å². The minimum absolute atomic E-state index is 0.230. The van der Waals surface area contributed by atoms with Crippen LogP contribution in [0.5, 0.6) is 0 Å². The molecule has 320 valence electrons. The highest BCUT2D eigenvalue weighted by atomic mass is 19.1. The Hall–Kier alpha value is -6.40. The molecule has 4 aromatic heterocycles. The highest BCUT2D eigenvalue weighted by Gasteiger charge is 2.51. The maximum absolute atomic E-state index is 15.5. The Labute approximate surface area is 356 Å². The van der Waals surface area contributed by atoms with Crippen LogP contribution in [0.2, 0.25) is 0 Å². The zero-order chi connectivity index (χ0) is 43.2. The number of aryl methyl sites for hydroxylation is 4. The summed E-state index contributed by atoms with van der Waals surface area (Å²) < 4.78 is 45.0. The molecule has 6 aromatic rings. The van der Waals surface area contributed by atoms with Gasteiger partial charge < -0.3 is 29.2 Å².